The number of nitrogens with two attached hydrogens (primary N) is 1. The molecule has 0 radical (unpaired) electrons. The van der Waals surface area contributed by atoms with Crippen molar-refractivity contribution < 1.29 is 9.13 Å². The molecule has 0 atom stereocenters. The normalized spacial score (nSPS) is 16.1. The molecule has 5 nitrogen and oxygen atoms in total. The van der Waals surface area contributed by atoms with Crippen molar-refractivity contribution >= 4 is 29.9 Å². The van der Waals surface area contributed by atoms with Crippen LogP contribution in [0, 0.1) is 5.82 Å². The average molecular weight is 408 g/mol. The maximum Gasteiger partial charge on any atom is 0.250 e. The second-order valence-electron chi connectivity index (χ2n) is 4.89. The van der Waals surface area contributed by atoms with Crippen LogP contribution in [0.3, 0.4) is 0 Å². The minimum absolute atomic E-state index is 0. The molecule has 7 heteroatoms. The largest absolute Gasteiger partial charge is 0.474 e. The quantitative estimate of drug-likeness (QED) is 0.340. The summed E-state index contributed by atoms with van der Waals surface area (Å²) in [4.78, 5) is 7.97. The van der Waals surface area contributed by atoms with E-state index in [0.717, 1.165) is 12.8 Å². The Balaban J connectivity index is 0.00000220. The van der Waals surface area contributed by atoms with Crippen molar-refractivity contribution in [2.75, 3.05) is 13.2 Å². The van der Waals surface area contributed by atoms with Crippen molar-refractivity contribution in [1.82, 2.24) is 10.3 Å². The first-order valence-corrected chi connectivity index (χ1v) is 7.05. The maximum absolute atomic E-state index is 13.2. The summed E-state index contributed by atoms with van der Waals surface area (Å²) in [5.41, 5.74) is 5.81. The molecular weight excluding hydrogens is 386 g/mol. The first kappa shape index (κ1) is 17.9. The molecule has 1 aromatic heterocycles. The van der Waals surface area contributed by atoms with Gasteiger partial charge < -0.3 is 15.8 Å². The number of guanidine groups is 1. The van der Waals surface area contributed by atoms with Crippen LogP contribution in [0.1, 0.15) is 32.1 Å². The van der Waals surface area contributed by atoms with Gasteiger partial charge in [-0.25, -0.2) is 14.4 Å². The van der Waals surface area contributed by atoms with Crippen LogP contribution >= 0.6 is 24.0 Å². The van der Waals surface area contributed by atoms with Gasteiger partial charge in [-0.3, -0.25) is 0 Å². The number of nitrogens with zero attached hydrogens (tertiary/aromatic N) is 2. The van der Waals surface area contributed by atoms with Crippen molar-refractivity contribution in [2.24, 2.45) is 10.7 Å². The summed E-state index contributed by atoms with van der Waals surface area (Å²) in [5.74, 6) is -0.0340. The van der Waals surface area contributed by atoms with Gasteiger partial charge >= 0.3 is 0 Å². The van der Waals surface area contributed by atoms with Gasteiger partial charge in [0.25, 0.3) is 0 Å². The second kappa shape index (κ2) is 9.75. The van der Waals surface area contributed by atoms with E-state index in [2.05, 4.69) is 15.3 Å². The van der Waals surface area contributed by atoms with Gasteiger partial charge in [-0.05, 0) is 25.0 Å². The van der Waals surface area contributed by atoms with E-state index in [4.69, 9.17) is 10.5 Å². The van der Waals surface area contributed by atoms with Crippen LogP contribution < -0.4 is 15.8 Å². The van der Waals surface area contributed by atoms with Crippen LogP contribution in [0.2, 0.25) is 0 Å². The zero-order chi connectivity index (χ0) is 14.2. The highest BCUT2D eigenvalue weighted by molar-refractivity contribution is 14.0. The Morgan fingerprint density at radius 3 is 2.90 bits per heavy atom. The third-order valence-electron chi connectivity index (χ3n) is 3.29. The molecule has 21 heavy (non-hydrogen) atoms. The summed E-state index contributed by atoms with van der Waals surface area (Å²) >= 11 is 0. The predicted molar refractivity (Wildman–Crippen MR) is 91.6 cm³/mol. The molecule has 0 bridgehead atoms. The highest BCUT2D eigenvalue weighted by Gasteiger charge is 2.13. The number of halogens is 2. The predicted octanol–water partition coefficient (Wildman–Crippen LogP) is 2.45. The standard InChI is InChI=1S/C14H21FN4O.HI/c15-12-7-4-8-17-13(12)20-10-9-18-14(16)19-11-5-2-1-3-6-11;/h4,7-8,11H,1-3,5-6,9-10H2,(H3,16,18,19);1H. The van der Waals surface area contributed by atoms with E-state index in [1.165, 1.54) is 37.6 Å². The number of aliphatic imine (C=N–C) groups is 1. The van der Waals surface area contributed by atoms with Crippen LogP contribution in [-0.4, -0.2) is 30.1 Å². The van der Waals surface area contributed by atoms with E-state index in [0.29, 0.717) is 18.5 Å². The Labute approximate surface area is 141 Å². The fourth-order valence-electron chi connectivity index (χ4n) is 2.29. The fourth-order valence-corrected chi connectivity index (χ4v) is 2.29. The molecule has 0 aromatic carbocycles. The summed E-state index contributed by atoms with van der Waals surface area (Å²) in [5, 5.41) is 3.21. The average Bonchev–Trinajstić information content (AvgIpc) is 2.46. The molecule has 1 aromatic rings. The van der Waals surface area contributed by atoms with E-state index in [9.17, 15) is 4.39 Å². The zero-order valence-electron chi connectivity index (χ0n) is 11.9. The van der Waals surface area contributed by atoms with Crippen molar-refractivity contribution in [3.8, 4) is 5.88 Å². The van der Waals surface area contributed by atoms with Gasteiger partial charge in [0, 0.05) is 12.2 Å². The Bertz CT molecular complexity index is 452. The third kappa shape index (κ3) is 6.45. The van der Waals surface area contributed by atoms with E-state index in [1.54, 1.807) is 0 Å². The summed E-state index contributed by atoms with van der Waals surface area (Å²) in [7, 11) is 0. The molecule has 0 aliphatic heterocycles. The van der Waals surface area contributed by atoms with Crippen molar-refractivity contribution in [2.45, 2.75) is 38.1 Å². The van der Waals surface area contributed by atoms with E-state index in [1.807, 2.05) is 0 Å². The molecule has 1 aliphatic rings. The molecule has 0 unspecified atom stereocenters. The first-order valence-electron chi connectivity index (χ1n) is 7.05. The van der Waals surface area contributed by atoms with Crippen molar-refractivity contribution in [1.29, 1.82) is 0 Å². The SMILES string of the molecule is I.NC(=NCCOc1ncccc1F)NC1CCCCC1. The van der Waals surface area contributed by atoms with Gasteiger partial charge in [-0.15, -0.1) is 24.0 Å². The molecule has 2 rings (SSSR count). The zero-order valence-corrected chi connectivity index (χ0v) is 14.3. The number of nitrogens with one attached hydrogen (secondary N) is 1. The minimum Gasteiger partial charge on any atom is -0.474 e. The molecule has 1 saturated carbocycles. The third-order valence-corrected chi connectivity index (χ3v) is 3.29. The lowest BCUT2D eigenvalue weighted by Gasteiger charge is -2.23. The minimum atomic E-state index is -0.468. The Hall–Kier alpha value is -1.12. The lowest BCUT2D eigenvalue weighted by atomic mass is 9.96. The summed E-state index contributed by atoms with van der Waals surface area (Å²) in [6.07, 6.45) is 7.57. The van der Waals surface area contributed by atoms with E-state index < -0.39 is 5.82 Å². The molecular formula is C14H22FIN4O. The summed E-state index contributed by atoms with van der Waals surface area (Å²) in [6, 6.07) is 3.26. The monoisotopic (exact) mass is 408 g/mol. The van der Waals surface area contributed by atoms with Crippen LogP contribution in [-0.2, 0) is 0 Å². The first-order chi connectivity index (χ1) is 9.75. The van der Waals surface area contributed by atoms with Gasteiger partial charge in [-0.2, -0.15) is 0 Å². The number of hydrogen-bond acceptors (Lipinski definition) is 3. The number of rotatable bonds is 5. The van der Waals surface area contributed by atoms with Crippen molar-refractivity contribution in [3.63, 3.8) is 0 Å². The second-order valence-corrected chi connectivity index (χ2v) is 4.89. The van der Waals surface area contributed by atoms with E-state index >= 15 is 0 Å². The van der Waals surface area contributed by atoms with Crippen LogP contribution in [0.15, 0.2) is 23.3 Å². The highest BCUT2D eigenvalue weighted by atomic mass is 127. The van der Waals surface area contributed by atoms with Crippen LogP contribution in [0.4, 0.5) is 4.39 Å². The summed E-state index contributed by atoms with van der Waals surface area (Å²) in [6.45, 7) is 0.628. The van der Waals surface area contributed by atoms with E-state index in [-0.39, 0.29) is 36.5 Å². The summed E-state index contributed by atoms with van der Waals surface area (Å²) < 4.78 is 18.4. The lowest BCUT2D eigenvalue weighted by Crippen LogP contribution is -2.41. The van der Waals surface area contributed by atoms with Gasteiger partial charge in [0.15, 0.2) is 11.8 Å². The molecule has 1 aliphatic carbocycles. The van der Waals surface area contributed by atoms with Gasteiger partial charge in [0.05, 0.1) is 6.54 Å². The number of ether oxygens (including phenoxy) is 1. The molecule has 0 spiro atoms. The molecule has 1 fully saturated rings. The van der Waals surface area contributed by atoms with Gasteiger partial charge in [0.1, 0.15) is 6.61 Å². The smallest absolute Gasteiger partial charge is 0.250 e. The molecule has 118 valence electrons. The Morgan fingerprint density at radius 1 is 1.43 bits per heavy atom. The highest BCUT2D eigenvalue weighted by Crippen LogP contribution is 2.17. The Morgan fingerprint density at radius 2 is 2.19 bits per heavy atom. The van der Waals surface area contributed by atoms with Crippen LogP contribution in [0.25, 0.3) is 0 Å². The maximum atomic E-state index is 13.2. The molecule has 0 saturated heterocycles. The van der Waals surface area contributed by atoms with Crippen LogP contribution in [0.5, 0.6) is 5.88 Å². The number of hydrogen-bond donors (Lipinski definition) is 2. The molecule has 0 amide bonds. The lowest BCUT2D eigenvalue weighted by molar-refractivity contribution is 0.297. The molecule has 1 heterocycles. The fraction of sp³-hybridized carbons (Fsp3) is 0.571. The topological polar surface area (TPSA) is 72.5 Å². The van der Waals surface area contributed by atoms with Gasteiger partial charge in [-0.1, -0.05) is 19.3 Å². The van der Waals surface area contributed by atoms with Gasteiger partial charge in [0.2, 0.25) is 5.88 Å². The Kier molecular flexibility index (Phi) is 8.33. The van der Waals surface area contributed by atoms with Crippen molar-refractivity contribution in [3.05, 3.63) is 24.1 Å². The number of pyridine rings is 1. The molecule has 3 N–H and O–H groups in total. The number of aromatic nitrogens is 1.